The Kier molecular flexibility index (Phi) is 3.62. The van der Waals surface area contributed by atoms with E-state index in [1.807, 2.05) is 13.1 Å². The van der Waals surface area contributed by atoms with Crippen molar-refractivity contribution in [2.24, 2.45) is 17.1 Å². The van der Waals surface area contributed by atoms with Gasteiger partial charge in [0.15, 0.2) is 0 Å². The van der Waals surface area contributed by atoms with Crippen molar-refractivity contribution < 1.29 is 9.53 Å². The van der Waals surface area contributed by atoms with Crippen LogP contribution >= 0.6 is 11.3 Å². The molecule has 3 atom stereocenters. The number of ether oxygens (including phenoxy) is 1. The molecule has 1 aliphatic heterocycles. The van der Waals surface area contributed by atoms with Gasteiger partial charge in [0, 0.05) is 36.4 Å². The number of thiophene rings is 1. The van der Waals surface area contributed by atoms with Gasteiger partial charge in [0.05, 0.1) is 6.10 Å². The average molecular weight is 308 g/mol. The fraction of sp³-hybridized carbons (Fsp3) is 0.688. The van der Waals surface area contributed by atoms with Crippen molar-refractivity contribution in [3.05, 3.63) is 22.4 Å². The van der Waals surface area contributed by atoms with Gasteiger partial charge in [0.1, 0.15) is 5.54 Å². The molecule has 3 unspecified atom stereocenters. The van der Waals surface area contributed by atoms with Gasteiger partial charge in [-0.3, -0.25) is 4.79 Å². The molecule has 0 aromatic carbocycles. The van der Waals surface area contributed by atoms with Crippen LogP contribution in [-0.2, 0) is 16.0 Å². The van der Waals surface area contributed by atoms with E-state index in [4.69, 9.17) is 10.5 Å². The summed E-state index contributed by atoms with van der Waals surface area (Å²) in [5.41, 5.74) is 5.52. The van der Waals surface area contributed by atoms with Crippen molar-refractivity contribution in [3.8, 4) is 0 Å². The zero-order valence-corrected chi connectivity index (χ0v) is 13.8. The fourth-order valence-corrected chi connectivity index (χ4v) is 4.67. The molecule has 2 aliphatic rings. The summed E-state index contributed by atoms with van der Waals surface area (Å²) >= 11 is 1.73. The molecule has 1 saturated heterocycles. The van der Waals surface area contributed by atoms with Gasteiger partial charge in [-0.1, -0.05) is 19.9 Å². The number of nitrogens with zero attached hydrogens (tertiary/aromatic N) is 1. The molecule has 116 valence electrons. The van der Waals surface area contributed by atoms with Gasteiger partial charge in [0.2, 0.25) is 5.91 Å². The van der Waals surface area contributed by atoms with Crippen molar-refractivity contribution in [2.75, 3.05) is 20.2 Å². The number of amides is 1. The van der Waals surface area contributed by atoms with Crippen LogP contribution in [0.5, 0.6) is 0 Å². The number of hydrogen-bond donors (Lipinski definition) is 1. The zero-order valence-electron chi connectivity index (χ0n) is 13.0. The Morgan fingerprint density at radius 1 is 1.57 bits per heavy atom. The van der Waals surface area contributed by atoms with E-state index < -0.39 is 5.54 Å². The molecule has 4 nitrogen and oxygen atoms in total. The first-order chi connectivity index (χ1) is 9.89. The lowest BCUT2D eigenvalue weighted by molar-refractivity contribution is -0.183. The third kappa shape index (κ3) is 2.05. The molecule has 1 amide bonds. The summed E-state index contributed by atoms with van der Waals surface area (Å²) in [6, 6.07) is 4.15. The van der Waals surface area contributed by atoms with E-state index in [-0.39, 0.29) is 23.3 Å². The van der Waals surface area contributed by atoms with Crippen LogP contribution in [0.25, 0.3) is 0 Å². The third-order valence-corrected chi connectivity index (χ3v) is 6.36. The number of fused-ring (bicyclic) bond motifs is 1. The van der Waals surface area contributed by atoms with Crippen LogP contribution in [0.15, 0.2) is 17.5 Å². The smallest absolute Gasteiger partial charge is 0.243 e. The summed E-state index contributed by atoms with van der Waals surface area (Å²) < 4.78 is 5.76. The zero-order chi connectivity index (χ0) is 15.3. The summed E-state index contributed by atoms with van der Waals surface area (Å²) in [6.07, 6.45) is 1.92. The molecular weight excluding hydrogens is 284 g/mol. The van der Waals surface area contributed by atoms with Crippen LogP contribution < -0.4 is 5.73 Å². The predicted molar refractivity (Wildman–Crippen MR) is 84.2 cm³/mol. The highest BCUT2D eigenvalue weighted by molar-refractivity contribution is 7.09. The van der Waals surface area contributed by atoms with Crippen molar-refractivity contribution in [1.82, 2.24) is 4.90 Å². The van der Waals surface area contributed by atoms with Crippen molar-refractivity contribution in [2.45, 2.75) is 38.3 Å². The van der Waals surface area contributed by atoms with Gasteiger partial charge in [-0.2, -0.15) is 0 Å². The maximum Gasteiger partial charge on any atom is 0.243 e. The molecule has 1 aromatic rings. The Balaban J connectivity index is 1.69. The van der Waals surface area contributed by atoms with Crippen molar-refractivity contribution >= 4 is 17.2 Å². The first-order valence-corrected chi connectivity index (χ1v) is 8.45. The minimum atomic E-state index is -0.779. The van der Waals surface area contributed by atoms with E-state index in [2.05, 4.69) is 25.3 Å². The highest BCUT2D eigenvalue weighted by Crippen LogP contribution is 2.58. The molecule has 21 heavy (non-hydrogen) atoms. The lowest BCUT2D eigenvalue weighted by Gasteiger charge is -2.61. The number of likely N-dealkylation sites (N-methyl/N-ethyl adjacent to an activating group) is 1. The van der Waals surface area contributed by atoms with E-state index in [1.54, 1.807) is 16.2 Å². The summed E-state index contributed by atoms with van der Waals surface area (Å²) in [4.78, 5) is 16.0. The lowest BCUT2D eigenvalue weighted by Crippen LogP contribution is -2.80. The monoisotopic (exact) mass is 308 g/mol. The molecule has 2 N–H and O–H groups in total. The largest absolute Gasteiger partial charge is 0.377 e. The maximum absolute atomic E-state index is 12.9. The van der Waals surface area contributed by atoms with Crippen LogP contribution in [0.2, 0.25) is 0 Å². The second kappa shape index (κ2) is 5.07. The Morgan fingerprint density at radius 3 is 3.00 bits per heavy atom. The second-order valence-corrected chi connectivity index (χ2v) is 7.87. The first-order valence-electron chi connectivity index (χ1n) is 7.57. The standard InChI is InChI=1S/C16H24N2O2S/c1-15(2)13-12(7-9-20-13)16(15,17)14(19)18(3)8-6-11-5-4-10-21-11/h4-5,10,12-13H,6-9,17H2,1-3H3. The van der Waals surface area contributed by atoms with Gasteiger partial charge in [-0.05, 0) is 24.3 Å². The number of hydrogen-bond acceptors (Lipinski definition) is 4. The number of carbonyl (C=O) groups is 1. The fourth-order valence-electron chi connectivity index (χ4n) is 3.97. The minimum absolute atomic E-state index is 0.0656. The summed E-state index contributed by atoms with van der Waals surface area (Å²) in [5.74, 6) is 0.236. The van der Waals surface area contributed by atoms with Gasteiger partial charge in [-0.15, -0.1) is 11.3 Å². The van der Waals surface area contributed by atoms with Gasteiger partial charge >= 0.3 is 0 Å². The van der Waals surface area contributed by atoms with Crippen molar-refractivity contribution in [3.63, 3.8) is 0 Å². The van der Waals surface area contributed by atoms with Gasteiger partial charge in [0.25, 0.3) is 0 Å². The van der Waals surface area contributed by atoms with E-state index in [0.29, 0.717) is 6.54 Å². The molecule has 3 rings (SSSR count). The van der Waals surface area contributed by atoms with Gasteiger partial charge < -0.3 is 15.4 Å². The van der Waals surface area contributed by atoms with Crippen molar-refractivity contribution in [1.29, 1.82) is 0 Å². The predicted octanol–water partition coefficient (Wildman–Crippen LogP) is 1.89. The Hall–Kier alpha value is -0.910. The van der Waals surface area contributed by atoms with Crippen LogP contribution in [0.3, 0.4) is 0 Å². The molecular formula is C16H24N2O2S. The molecule has 1 aliphatic carbocycles. The SMILES string of the molecule is CN(CCc1cccs1)C(=O)C1(N)C2CCOC2C1(C)C. The Labute approximate surface area is 130 Å². The normalized spacial score (nSPS) is 33.3. The van der Waals surface area contributed by atoms with Gasteiger partial charge in [-0.25, -0.2) is 0 Å². The summed E-state index contributed by atoms with van der Waals surface area (Å²) in [7, 11) is 1.86. The van der Waals surface area contributed by atoms with E-state index >= 15 is 0 Å². The Morgan fingerprint density at radius 2 is 2.33 bits per heavy atom. The quantitative estimate of drug-likeness (QED) is 0.924. The first kappa shape index (κ1) is 15.0. The summed E-state index contributed by atoms with van der Waals surface area (Å²) in [6.45, 7) is 5.56. The molecule has 0 spiro atoms. The number of rotatable bonds is 4. The van der Waals surface area contributed by atoms with Crippen LogP contribution in [0.1, 0.15) is 25.1 Å². The highest BCUT2D eigenvalue weighted by Gasteiger charge is 2.71. The minimum Gasteiger partial charge on any atom is -0.377 e. The third-order valence-electron chi connectivity index (χ3n) is 5.43. The van der Waals surface area contributed by atoms with E-state index in [0.717, 1.165) is 19.4 Å². The van der Waals surface area contributed by atoms with Crippen LogP contribution in [0, 0.1) is 11.3 Å². The van der Waals surface area contributed by atoms with E-state index in [9.17, 15) is 4.79 Å². The second-order valence-electron chi connectivity index (χ2n) is 6.83. The lowest BCUT2D eigenvalue weighted by atomic mass is 9.47. The Bertz CT molecular complexity index is 528. The summed E-state index contributed by atoms with van der Waals surface area (Å²) in [5, 5.41) is 2.07. The number of carbonyl (C=O) groups excluding carboxylic acids is 1. The molecule has 1 aromatic heterocycles. The average Bonchev–Trinajstić information content (AvgIpc) is 3.12. The number of nitrogens with two attached hydrogens (primary N) is 1. The molecule has 0 radical (unpaired) electrons. The van der Waals surface area contributed by atoms with E-state index in [1.165, 1.54) is 4.88 Å². The molecule has 1 saturated carbocycles. The maximum atomic E-state index is 12.9. The molecule has 2 fully saturated rings. The molecule has 5 heteroatoms. The van der Waals surface area contributed by atoms with Crippen LogP contribution in [0.4, 0.5) is 0 Å². The van der Waals surface area contributed by atoms with Crippen LogP contribution in [-0.4, -0.2) is 42.6 Å². The highest BCUT2D eigenvalue weighted by atomic mass is 32.1. The topological polar surface area (TPSA) is 55.6 Å². The molecule has 2 heterocycles. The molecule has 0 bridgehead atoms.